The number of unbranched alkanes of at least 4 members (excludes halogenated alkanes) is 4. The lowest BCUT2D eigenvalue weighted by Gasteiger charge is -1.99. The fourth-order valence-electron chi connectivity index (χ4n) is 2.40. The van der Waals surface area contributed by atoms with Crippen molar-refractivity contribution < 1.29 is 14.6 Å². The highest BCUT2D eigenvalue weighted by atomic mass is 16.6. The largest absolute Gasteiger partial charge is 0.303 e. The van der Waals surface area contributed by atoms with Crippen LogP contribution < -0.4 is 0 Å². The van der Waals surface area contributed by atoms with Gasteiger partial charge < -0.3 is 4.79 Å². The van der Waals surface area contributed by atoms with Crippen molar-refractivity contribution in [2.75, 3.05) is 0 Å². The first-order chi connectivity index (χ1) is 13.0. The molecule has 7 nitrogen and oxygen atoms in total. The third-order valence-electron chi connectivity index (χ3n) is 3.84. The van der Waals surface area contributed by atoms with Gasteiger partial charge in [-0.2, -0.15) is 0 Å². The normalized spacial score (nSPS) is 12.8. The molecule has 0 aliphatic heterocycles. The quantitative estimate of drug-likeness (QED) is 0.115. The van der Waals surface area contributed by atoms with Crippen molar-refractivity contribution in [1.82, 2.24) is 0 Å². The molecule has 0 rings (SSSR count). The summed E-state index contributed by atoms with van der Waals surface area (Å²) in [5.74, 6) is 0. The Morgan fingerprint density at radius 1 is 0.815 bits per heavy atom. The first-order valence-corrected chi connectivity index (χ1v) is 9.43. The Kier molecular flexibility index (Phi) is 15.3. The minimum atomic E-state index is -0.365. The summed E-state index contributed by atoms with van der Waals surface area (Å²) >= 11 is 0. The maximum atomic E-state index is 11.0. The van der Waals surface area contributed by atoms with Crippen LogP contribution in [-0.4, -0.2) is 16.1 Å². The lowest BCUT2D eigenvalue weighted by molar-refractivity contribution is -0.428. The smallest absolute Gasteiger partial charge is 0.246 e. The predicted octanol–water partition coefficient (Wildman–Crippen LogP) is 5.54. The Balaban J connectivity index is 4.16. The average Bonchev–Trinajstić information content (AvgIpc) is 2.63. The molecular formula is C20H30N2O5. The second-order valence-corrected chi connectivity index (χ2v) is 6.05. The van der Waals surface area contributed by atoms with Crippen molar-refractivity contribution in [3.05, 3.63) is 68.1 Å². The zero-order chi connectivity index (χ0) is 20.3. The number of hydrogen-bond donors (Lipinski definition) is 0. The number of aldehydes is 1. The molecular weight excluding hydrogens is 348 g/mol. The number of allylic oxidation sites excluding steroid dienone is 7. The summed E-state index contributed by atoms with van der Waals surface area (Å²) in [4.78, 5) is 31.3. The van der Waals surface area contributed by atoms with Crippen LogP contribution in [0.2, 0.25) is 0 Å². The van der Waals surface area contributed by atoms with Gasteiger partial charge in [0.2, 0.25) is 11.4 Å². The van der Waals surface area contributed by atoms with Gasteiger partial charge >= 0.3 is 0 Å². The molecule has 0 unspecified atom stereocenters. The van der Waals surface area contributed by atoms with Crippen LogP contribution in [0.4, 0.5) is 0 Å². The summed E-state index contributed by atoms with van der Waals surface area (Å²) < 4.78 is 0. The van der Waals surface area contributed by atoms with E-state index in [-0.39, 0.29) is 21.2 Å². The van der Waals surface area contributed by atoms with Crippen molar-refractivity contribution in [1.29, 1.82) is 0 Å². The second kappa shape index (κ2) is 16.9. The number of hydrogen-bond acceptors (Lipinski definition) is 5. The van der Waals surface area contributed by atoms with Crippen molar-refractivity contribution in [3.63, 3.8) is 0 Å². The SMILES string of the molecule is CC/C=C(/C/C=C/C/C=C/C/C=C(/CCCCCCC=O)[N+](=O)[O-])[N+](=O)[O-]. The lowest BCUT2D eigenvalue weighted by atomic mass is 10.1. The molecule has 150 valence electrons. The van der Waals surface area contributed by atoms with E-state index in [2.05, 4.69) is 0 Å². The van der Waals surface area contributed by atoms with Gasteiger partial charge in [-0.15, -0.1) is 0 Å². The molecule has 0 radical (unpaired) electrons. The van der Waals surface area contributed by atoms with Crippen molar-refractivity contribution in [3.8, 4) is 0 Å². The third-order valence-corrected chi connectivity index (χ3v) is 3.84. The minimum absolute atomic E-state index is 0.197. The first kappa shape index (κ1) is 24.4. The maximum absolute atomic E-state index is 11.0. The van der Waals surface area contributed by atoms with Gasteiger partial charge in [-0.1, -0.05) is 44.1 Å². The first-order valence-electron chi connectivity index (χ1n) is 9.43. The van der Waals surface area contributed by atoms with Crippen LogP contribution in [0.15, 0.2) is 47.9 Å². The van der Waals surface area contributed by atoms with E-state index in [1.54, 1.807) is 18.2 Å². The van der Waals surface area contributed by atoms with Crippen molar-refractivity contribution >= 4 is 6.29 Å². The lowest BCUT2D eigenvalue weighted by Crippen LogP contribution is -1.98. The summed E-state index contributed by atoms with van der Waals surface area (Å²) in [6.07, 6.45) is 17.9. The fraction of sp³-hybridized carbons (Fsp3) is 0.550. The van der Waals surface area contributed by atoms with Crippen LogP contribution in [0.3, 0.4) is 0 Å². The Hall–Kier alpha value is -2.57. The monoisotopic (exact) mass is 378 g/mol. The van der Waals surface area contributed by atoms with Crippen LogP contribution in [0.1, 0.15) is 71.1 Å². The molecule has 0 amide bonds. The van der Waals surface area contributed by atoms with Gasteiger partial charge in [0.25, 0.3) is 0 Å². The Morgan fingerprint density at radius 3 is 2.07 bits per heavy atom. The van der Waals surface area contributed by atoms with Gasteiger partial charge in [0.05, 0.1) is 16.3 Å². The van der Waals surface area contributed by atoms with Crippen LogP contribution >= 0.6 is 0 Å². The number of nitrogens with zero attached hydrogens (tertiary/aromatic N) is 2. The summed E-state index contributed by atoms with van der Waals surface area (Å²) in [7, 11) is 0. The molecule has 0 aromatic rings. The molecule has 0 aliphatic rings. The molecule has 0 fully saturated rings. The van der Waals surface area contributed by atoms with Gasteiger partial charge in [0, 0.05) is 12.8 Å². The van der Waals surface area contributed by atoms with Crippen LogP contribution in [-0.2, 0) is 4.79 Å². The second-order valence-electron chi connectivity index (χ2n) is 6.05. The molecule has 0 heterocycles. The molecule has 0 atom stereocenters. The minimum Gasteiger partial charge on any atom is -0.303 e. The topological polar surface area (TPSA) is 103 Å². The van der Waals surface area contributed by atoms with E-state index in [0.717, 1.165) is 32.0 Å². The molecule has 0 aliphatic carbocycles. The number of carbonyl (C=O) groups excluding carboxylic acids is 1. The number of carbonyl (C=O) groups is 1. The predicted molar refractivity (Wildman–Crippen MR) is 106 cm³/mol. The number of rotatable bonds is 16. The van der Waals surface area contributed by atoms with Crippen molar-refractivity contribution in [2.24, 2.45) is 0 Å². The van der Waals surface area contributed by atoms with Crippen molar-refractivity contribution in [2.45, 2.75) is 71.1 Å². The van der Waals surface area contributed by atoms with E-state index in [4.69, 9.17) is 0 Å². The molecule has 7 heteroatoms. The maximum Gasteiger partial charge on any atom is 0.246 e. The van der Waals surface area contributed by atoms with E-state index in [0.29, 0.717) is 38.5 Å². The van der Waals surface area contributed by atoms with Gasteiger partial charge in [0.1, 0.15) is 6.29 Å². The van der Waals surface area contributed by atoms with E-state index < -0.39 is 0 Å². The molecule has 0 saturated heterocycles. The van der Waals surface area contributed by atoms with E-state index >= 15 is 0 Å². The number of nitro groups is 2. The summed E-state index contributed by atoms with van der Waals surface area (Å²) in [5, 5.41) is 21.8. The van der Waals surface area contributed by atoms with Gasteiger partial charge in [-0.3, -0.25) is 20.2 Å². The van der Waals surface area contributed by atoms with Gasteiger partial charge in [-0.25, -0.2) is 0 Å². The van der Waals surface area contributed by atoms with E-state index in [1.165, 1.54) is 0 Å². The molecule has 27 heavy (non-hydrogen) atoms. The van der Waals surface area contributed by atoms with E-state index in [1.807, 2.05) is 25.2 Å². The summed E-state index contributed by atoms with van der Waals surface area (Å²) in [6, 6.07) is 0. The van der Waals surface area contributed by atoms with Gasteiger partial charge in [-0.05, 0) is 44.3 Å². The molecule has 0 aromatic carbocycles. The fourth-order valence-corrected chi connectivity index (χ4v) is 2.40. The Morgan fingerprint density at radius 2 is 1.44 bits per heavy atom. The van der Waals surface area contributed by atoms with Crippen LogP contribution in [0, 0.1) is 20.2 Å². The highest BCUT2D eigenvalue weighted by molar-refractivity contribution is 5.48. The van der Waals surface area contributed by atoms with Crippen LogP contribution in [0.5, 0.6) is 0 Å². The summed E-state index contributed by atoms with van der Waals surface area (Å²) in [5.41, 5.74) is 0.424. The molecule has 0 N–H and O–H groups in total. The third kappa shape index (κ3) is 14.3. The highest BCUT2D eigenvalue weighted by Crippen LogP contribution is 2.12. The van der Waals surface area contributed by atoms with Crippen LogP contribution in [0.25, 0.3) is 0 Å². The summed E-state index contributed by atoms with van der Waals surface area (Å²) in [6.45, 7) is 1.86. The molecule has 0 bridgehead atoms. The Labute approximate surface area is 160 Å². The Bertz CT molecular complexity index is 577. The zero-order valence-corrected chi connectivity index (χ0v) is 16.0. The molecule has 0 aromatic heterocycles. The average molecular weight is 378 g/mol. The van der Waals surface area contributed by atoms with E-state index in [9.17, 15) is 25.0 Å². The van der Waals surface area contributed by atoms with Gasteiger partial charge in [0.15, 0.2) is 0 Å². The molecule has 0 saturated carbocycles. The zero-order valence-electron chi connectivity index (χ0n) is 16.0. The molecule has 0 spiro atoms. The highest BCUT2D eigenvalue weighted by Gasteiger charge is 2.08. The standard InChI is InChI=1S/C20H30N2O5/c1-2-14-19(21(24)25)15-10-6-3-4-7-11-16-20(22(26)27)17-12-8-5-9-13-18-23/h4,6-7,10,14,16,18H,2-3,5,8-9,11-13,15,17H2,1H3/b7-4+,10-6+,19-14-,20-16-.